The molecule has 6 heterocycles. The zero-order valence-corrected chi connectivity index (χ0v) is 29.0. The van der Waals surface area contributed by atoms with Crippen molar-refractivity contribution in [3.8, 4) is 0 Å². The number of carbonyl (C=O) groups excluding carboxylic acids is 4. The first-order chi connectivity index (χ1) is 26.3. The molecule has 8 amide bonds. The summed E-state index contributed by atoms with van der Waals surface area (Å²) < 4.78 is 0. The van der Waals surface area contributed by atoms with Crippen molar-refractivity contribution in [2.45, 2.75) is 48.8 Å². The maximum atomic E-state index is 14.4. The summed E-state index contributed by atoms with van der Waals surface area (Å²) in [7, 11) is 0. The number of rotatable bonds is 4. The van der Waals surface area contributed by atoms with E-state index in [-0.39, 0.29) is 50.3 Å². The number of amides is 8. The van der Waals surface area contributed by atoms with Gasteiger partial charge in [0.2, 0.25) is 0 Å². The highest BCUT2D eigenvalue weighted by molar-refractivity contribution is 5.91. The third-order valence-corrected chi connectivity index (χ3v) is 12.4. The van der Waals surface area contributed by atoms with Gasteiger partial charge in [-0.05, 0) is 22.3 Å². The summed E-state index contributed by atoms with van der Waals surface area (Å²) in [5.41, 5.74) is 1.41. The molecule has 0 saturated carbocycles. The Hall–Kier alpha value is -6.82. The Morgan fingerprint density at radius 2 is 0.593 bits per heavy atom. The first kappa shape index (κ1) is 30.8. The van der Waals surface area contributed by atoms with E-state index in [0.29, 0.717) is 0 Å². The predicted molar refractivity (Wildman–Crippen MR) is 195 cm³/mol. The van der Waals surface area contributed by atoms with Gasteiger partial charge >= 0.3 is 24.1 Å². The quantitative estimate of drug-likeness (QED) is 0.203. The van der Waals surface area contributed by atoms with E-state index in [9.17, 15) is 19.2 Å². The van der Waals surface area contributed by atoms with Crippen LogP contribution in [0, 0.1) is 0 Å². The molecular weight excluding hydrogens is 681 g/mol. The fourth-order valence-corrected chi connectivity index (χ4v) is 10.3. The van der Waals surface area contributed by atoms with Gasteiger partial charge in [0.15, 0.2) is 22.7 Å². The van der Waals surface area contributed by atoms with Crippen LogP contribution in [-0.4, -0.2) is 43.7 Å². The Morgan fingerprint density at radius 3 is 0.852 bits per heavy atom. The van der Waals surface area contributed by atoms with E-state index in [1.54, 1.807) is 19.6 Å². The molecule has 12 nitrogen and oxygen atoms in total. The van der Waals surface area contributed by atoms with Crippen molar-refractivity contribution in [1.29, 1.82) is 0 Å². The first-order valence-electron chi connectivity index (χ1n) is 18.1. The number of carbonyl (C=O) groups is 4. The van der Waals surface area contributed by atoms with Gasteiger partial charge in [-0.25, -0.2) is 19.2 Å². The average Bonchev–Trinajstić information content (AvgIpc) is 3.68. The fraction of sp³-hybridized carbons (Fsp3) is 0.190. The van der Waals surface area contributed by atoms with Crippen LogP contribution in [-0.2, 0) is 48.8 Å². The lowest BCUT2D eigenvalue weighted by Gasteiger charge is -2.46. The van der Waals surface area contributed by atoms with Gasteiger partial charge in [-0.3, -0.25) is 19.6 Å². The van der Waals surface area contributed by atoms with Crippen LogP contribution in [0.15, 0.2) is 133 Å². The number of benzene rings is 5. The van der Waals surface area contributed by atoms with E-state index in [4.69, 9.17) is 0 Å². The van der Waals surface area contributed by atoms with Crippen LogP contribution < -0.4 is 21.3 Å². The summed E-state index contributed by atoms with van der Waals surface area (Å²) in [6.45, 7) is 0.768. The van der Waals surface area contributed by atoms with Crippen LogP contribution in [0.3, 0.4) is 0 Å². The zero-order chi connectivity index (χ0) is 36.5. The van der Waals surface area contributed by atoms with Gasteiger partial charge in [0.25, 0.3) is 0 Å². The van der Waals surface area contributed by atoms with Gasteiger partial charge in [-0.2, -0.15) is 0 Å². The Kier molecular flexibility index (Phi) is 5.93. The van der Waals surface area contributed by atoms with Crippen molar-refractivity contribution >= 4 is 24.1 Å². The van der Waals surface area contributed by atoms with Crippen molar-refractivity contribution in [3.63, 3.8) is 0 Å². The van der Waals surface area contributed by atoms with Gasteiger partial charge < -0.3 is 21.3 Å². The van der Waals surface area contributed by atoms with Crippen molar-refractivity contribution in [2.75, 3.05) is 0 Å². The van der Waals surface area contributed by atoms with E-state index in [0.717, 1.165) is 44.5 Å². The molecule has 0 atom stereocenters. The van der Waals surface area contributed by atoms with Crippen LogP contribution in [0.2, 0.25) is 0 Å². The van der Waals surface area contributed by atoms with Gasteiger partial charge in [0.1, 0.15) is 0 Å². The normalized spacial score (nSPS) is 28.6. The Labute approximate surface area is 310 Å². The number of nitrogens with zero attached hydrogens (tertiary/aromatic N) is 4. The molecule has 11 rings (SSSR count). The Balaban J connectivity index is 1.09. The summed E-state index contributed by atoms with van der Waals surface area (Å²) >= 11 is 0. The largest absolute Gasteiger partial charge is 0.322 e. The van der Waals surface area contributed by atoms with Gasteiger partial charge in [0.05, 0.1) is 26.2 Å². The molecule has 5 aromatic carbocycles. The molecule has 12 heteroatoms. The molecule has 0 unspecified atom stereocenters. The topological polar surface area (TPSA) is 129 Å². The summed E-state index contributed by atoms with van der Waals surface area (Å²) in [6.07, 6.45) is 0. The standard InChI is InChI=1S/C42H34N8O4/c51-35-43-39(31-13-5-1-6-14-31)41(33-17-9-3-10-18-33)47(35)23-27-21-29-25-49-37(53)45-40(32-15-7-2-8-16-32)42(49,34-19-11-4-12-20-34)50(38(54)46-40)26-30(29)22-28(27)24-48(41)36(52)44-39/h1-22H,23-26H2,(H,43,51)(H,44,52)(H,45,53)(H,46,54). The van der Waals surface area contributed by atoms with E-state index < -0.39 is 22.7 Å². The van der Waals surface area contributed by atoms with E-state index >= 15 is 0 Å². The molecule has 54 heavy (non-hydrogen) atoms. The lowest BCUT2D eigenvalue weighted by Crippen LogP contribution is -2.61. The molecule has 0 spiro atoms. The highest BCUT2D eigenvalue weighted by Crippen LogP contribution is 2.58. The number of nitrogens with one attached hydrogen (secondary N) is 4. The summed E-state index contributed by atoms with van der Waals surface area (Å²) in [6, 6.07) is 41.4. The van der Waals surface area contributed by atoms with E-state index in [2.05, 4.69) is 33.4 Å². The number of urea groups is 4. The molecule has 0 radical (unpaired) electrons. The maximum Gasteiger partial charge on any atom is 0.322 e. The first-order valence-corrected chi connectivity index (χ1v) is 18.1. The molecule has 4 saturated heterocycles. The second-order valence-corrected chi connectivity index (χ2v) is 14.8. The van der Waals surface area contributed by atoms with Crippen LogP contribution >= 0.6 is 0 Å². The lowest BCUT2D eigenvalue weighted by molar-refractivity contribution is -0.0161. The van der Waals surface area contributed by atoms with Crippen molar-refractivity contribution in [3.05, 3.63) is 178 Å². The Bertz CT molecular complexity index is 2180. The Morgan fingerprint density at radius 1 is 0.352 bits per heavy atom. The SMILES string of the molecule is O=C1NC2(c3ccccc3)NC(=O)N3Cc4cc5c(cc4CN1C32c1ccccc1)CN1C(=O)NC2(c3ccccc3)NC(=O)N(C5)C12c1ccccc1. The molecule has 0 aliphatic carbocycles. The average molecular weight is 715 g/mol. The van der Waals surface area contributed by atoms with Crippen molar-refractivity contribution in [2.24, 2.45) is 0 Å². The molecule has 6 aliphatic heterocycles. The molecular formula is C42H34N8O4. The number of hydrogen-bond acceptors (Lipinski definition) is 4. The minimum Gasteiger partial charge on any atom is -0.307 e. The predicted octanol–water partition coefficient (Wildman–Crippen LogP) is 5.23. The van der Waals surface area contributed by atoms with Crippen molar-refractivity contribution in [1.82, 2.24) is 40.9 Å². The minimum atomic E-state index is -1.29. The molecule has 4 N–H and O–H groups in total. The highest BCUT2D eigenvalue weighted by atomic mass is 16.2. The third kappa shape index (κ3) is 3.48. The van der Waals surface area contributed by atoms with Crippen molar-refractivity contribution < 1.29 is 19.2 Å². The second kappa shape index (κ2) is 10.4. The molecule has 5 aromatic rings. The summed E-state index contributed by atoms with van der Waals surface area (Å²) in [5.74, 6) is 0. The van der Waals surface area contributed by atoms with Crippen LogP contribution in [0.1, 0.15) is 44.5 Å². The monoisotopic (exact) mass is 714 g/mol. The summed E-state index contributed by atoms with van der Waals surface area (Å²) in [5, 5.41) is 12.9. The van der Waals surface area contributed by atoms with Gasteiger partial charge in [-0.15, -0.1) is 0 Å². The molecule has 4 fully saturated rings. The van der Waals surface area contributed by atoms with Crippen LogP contribution in [0.5, 0.6) is 0 Å². The van der Waals surface area contributed by atoms with Crippen LogP contribution in [0.25, 0.3) is 0 Å². The molecule has 6 aliphatic rings. The van der Waals surface area contributed by atoms with Gasteiger partial charge in [-0.1, -0.05) is 133 Å². The molecule has 266 valence electrons. The maximum absolute atomic E-state index is 14.4. The lowest BCUT2D eigenvalue weighted by atomic mass is 9.81. The number of hydrogen-bond donors (Lipinski definition) is 4. The smallest absolute Gasteiger partial charge is 0.307 e. The molecule has 0 aromatic heterocycles. The fourth-order valence-electron chi connectivity index (χ4n) is 10.3. The summed E-state index contributed by atoms with van der Waals surface area (Å²) in [4.78, 5) is 64.6. The van der Waals surface area contributed by atoms with Gasteiger partial charge in [0, 0.05) is 22.3 Å². The van der Waals surface area contributed by atoms with Crippen LogP contribution in [0.4, 0.5) is 19.2 Å². The van der Waals surface area contributed by atoms with E-state index in [1.165, 1.54) is 0 Å². The molecule has 0 bridgehead atoms. The third-order valence-electron chi connectivity index (χ3n) is 12.4. The highest BCUT2D eigenvalue weighted by Gasteiger charge is 2.76. The number of fused-ring (bicyclic) bond motifs is 2. The second-order valence-electron chi connectivity index (χ2n) is 14.8. The van der Waals surface area contributed by atoms with E-state index in [1.807, 2.05) is 121 Å². The minimum absolute atomic E-state index is 0.192. The zero-order valence-electron chi connectivity index (χ0n) is 29.0.